The Balaban J connectivity index is 2.12. The molecule has 1 atom stereocenters. The number of carbonyl (C=O) groups is 2. The number of nitriles is 1. The van der Waals surface area contributed by atoms with Crippen LogP contribution in [0.5, 0.6) is 5.75 Å². The molecule has 8 heteroatoms. The van der Waals surface area contributed by atoms with Crippen molar-refractivity contribution in [1.29, 1.82) is 5.26 Å². The molecule has 1 aromatic heterocycles. The Morgan fingerprint density at radius 2 is 2.14 bits per heavy atom. The minimum atomic E-state index is -1.43. The number of amides is 1. The first-order chi connectivity index (χ1) is 13.9. The molecule has 1 amide bonds. The molecule has 2 N–H and O–H groups in total. The third kappa shape index (κ3) is 2.28. The topological polar surface area (TPSA) is 106 Å². The predicted octanol–water partition coefficient (Wildman–Crippen LogP) is 2.97. The zero-order valence-electron chi connectivity index (χ0n) is 16.2. The number of benzene rings is 1. The van der Waals surface area contributed by atoms with Crippen LogP contribution < -0.4 is 15.4 Å². The molecule has 0 bridgehead atoms. The van der Waals surface area contributed by atoms with Crippen molar-refractivity contribution < 1.29 is 19.1 Å². The lowest BCUT2D eigenvalue weighted by Gasteiger charge is -2.32. The number of aryl methyl sites for hydroxylation is 1. The second kappa shape index (κ2) is 6.64. The number of rotatable bonds is 3. The number of hydrogen-bond acceptors (Lipinski definition) is 7. The Kier molecular flexibility index (Phi) is 4.35. The zero-order chi connectivity index (χ0) is 20.9. The summed E-state index contributed by atoms with van der Waals surface area (Å²) in [5.74, 6) is -0.823. The van der Waals surface area contributed by atoms with E-state index in [9.17, 15) is 14.9 Å². The lowest BCUT2D eigenvalue weighted by molar-refractivity contribution is -0.120. The van der Waals surface area contributed by atoms with Gasteiger partial charge in [0.2, 0.25) is 11.8 Å². The van der Waals surface area contributed by atoms with E-state index in [-0.39, 0.29) is 28.7 Å². The average molecular weight is 409 g/mol. The molecule has 7 nitrogen and oxygen atoms in total. The minimum absolute atomic E-state index is 0.0405. The van der Waals surface area contributed by atoms with Crippen LogP contribution >= 0.6 is 11.3 Å². The molecular weight excluding hydrogens is 390 g/mol. The van der Waals surface area contributed by atoms with Crippen LogP contribution in [0, 0.1) is 18.3 Å². The molecule has 2 aliphatic rings. The van der Waals surface area contributed by atoms with Crippen LogP contribution in [0.15, 0.2) is 35.7 Å². The van der Waals surface area contributed by atoms with Gasteiger partial charge in [-0.2, -0.15) is 5.26 Å². The molecule has 29 heavy (non-hydrogen) atoms. The van der Waals surface area contributed by atoms with E-state index in [1.54, 1.807) is 11.8 Å². The van der Waals surface area contributed by atoms with E-state index in [0.29, 0.717) is 21.9 Å². The van der Waals surface area contributed by atoms with Gasteiger partial charge >= 0.3 is 5.97 Å². The molecule has 0 aliphatic carbocycles. The Labute approximate surface area is 171 Å². The highest BCUT2D eigenvalue weighted by Crippen LogP contribution is 2.58. The zero-order valence-corrected chi connectivity index (χ0v) is 17.1. The highest BCUT2D eigenvalue weighted by atomic mass is 32.1. The second-order valence-corrected chi connectivity index (χ2v) is 8.08. The fourth-order valence-electron chi connectivity index (χ4n) is 4.16. The predicted molar refractivity (Wildman–Crippen MR) is 108 cm³/mol. The van der Waals surface area contributed by atoms with Crippen molar-refractivity contribution in [2.24, 2.45) is 5.73 Å². The Morgan fingerprint density at radius 3 is 2.79 bits per heavy atom. The van der Waals surface area contributed by atoms with Gasteiger partial charge in [-0.05, 0) is 19.4 Å². The van der Waals surface area contributed by atoms with E-state index in [1.807, 2.05) is 31.2 Å². The quantitative estimate of drug-likeness (QED) is 0.782. The lowest BCUT2D eigenvalue weighted by Crippen LogP contribution is -2.45. The van der Waals surface area contributed by atoms with Gasteiger partial charge in [0.05, 0.1) is 12.0 Å². The Hall–Kier alpha value is -3.31. The number of hydrogen-bond donors (Lipinski definition) is 1. The molecule has 1 aromatic carbocycles. The molecule has 3 heterocycles. The van der Waals surface area contributed by atoms with Crippen LogP contribution in [0.4, 0.5) is 5.69 Å². The highest BCUT2D eigenvalue weighted by molar-refractivity contribution is 7.13. The van der Waals surface area contributed by atoms with Gasteiger partial charge in [-0.3, -0.25) is 4.79 Å². The van der Waals surface area contributed by atoms with Gasteiger partial charge in [-0.15, -0.1) is 11.3 Å². The van der Waals surface area contributed by atoms with Gasteiger partial charge in [-0.1, -0.05) is 25.1 Å². The summed E-state index contributed by atoms with van der Waals surface area (Å²) in [6, 6.07) is 9.47. The maximum Gasteiger partial charge on any atom is 0.342 e. The number of nitrogens with two attached hydrogens (primary N) is 1. The van der Waals surface area contributed by atoms with E-state index >= 15 is 0 Å². The molecule has 0 saturated carbocycles. The number of fused-ring (bicyclic) bond motifs is 4. The first-order valence-electron chi connectivity index (χ1n) is 9.15. The maximum absolute atomic E-state index is 13.9. The molecule has 2 aromatic rings. The van der Waals surface area contributed by atoms with Crippen molar-refractivity contribution in [2.75, 3.05) is 18.6 Å². The third-order valence-corrected chi connectivity index (χ3v) is 6.53. The van der Waals surface area contributed by atoms with E-state index < -0.39 is 11.4 Å². The van der Waals surface area contributed by atoms with Crippen molar-refractivity contribution in [3.8, 4) is 11.8 Å². The molecule has 2 aliphatic heterocycles. The average Bonchev–Trinajstić information content (AvgIpc) is 3.16. The number of methoxy groups -OCH3 is 1. The fourth-order valence-corrected chi connectivity index (χ4v) is 5.44. The summed E-state index contributed by atoms with van der Waals surface area (Å²) in [4.78, 5) is 29.1. The van der Waals surface area contributed by atoms with E-state index in [0.717, 1.165) is 12.1 Å². The van der Waals surface area contributed by atoms with Gasteiger partial charge in [0.1, 0.15) is 17.2 Å². The molecule has 148 valence electrons. The van der Waals surface area contributed by atoms with Crippen molar-refractivity contribution >= 4 is 28.9 Å². The number of thiophene rings is 1. The number of esters is 1. The van der Waals surface area contributed by atoms with Gasteiger partial charge in [0.25, 0.3) is 0 Å². The number of nitrogens with zero attached hydrogens (tertiary/aromatic N) is 2. The molecule has 0 radical (unpaired) electrons. The van der Waals surface area contributed by atoms with Gasteiger partial charge in [0, 0.05) is 22.7 Å². The number of ether oxygens (including phenoxy) is 2. The molecule has 0 fully saturated rings. The second-order valence-electron chi connectivity index (χ2n) is 6.86. The van der Waals surface area contributed by atoms with Crippen molar-refractivity contribution in [2.45, 2.75) is 25.7 Å². The summed E-state index contributed by atoms with van der Waals surface area (Å²) in [5, 5.41) is 9.98. The van der Waals surface area contributed by atoms with Crippen LogP contribution in [-0.4, -0.2) is 25.5 Å². The molecular formula is C21H19N3O4S. The molecule has 1 spiro atoms. The summed E-state index contributed by atoms with van der Waals surface area (Å²) < 4.78 is 10.6. The Morgan fingerprint density at radius 1 is 1.41 bits per heavy atom. The van der Waals surface area contributed by atoms with Crippen LogP contribution in [0.25, 0.3) is 0 Å². The van der Waals surface area contributed by atoms with E-state index in [2.05, 4.69) is 6.07 Å². The highest BCUT2D eigenvalue weighted by Gasteiger charge is 2.60. The summed E-state index contributed by atoms with van der Waals surface area (Å²) in [5.41, 5.74) is 6.37. The standard InChI is InChI=1S/C21H19N3O4S/c1-4-9-24-14-8-6-5-7-12(14)21(20(24)26)13(10-22)18(23)28-16-15(19(25)27-3)11(2)29-17(16)21/h5-8H,4,9,23H2,1-3H3/t21-/m0/s1. The monoisotopic (exact) mass is 409 g/mol. The van der Waals surface area contributed by atoms with Gasteiger partial charge in [-0.25, -0.2) is 4.79 Å². The summed E-state index contributed by atoms with van der Waals surface area (Å²) in [6.45, 7) is 4.24. The fraction of sp³-hybridized carbons (Fsp3) is 0.286. The van der Waals surface area contributed by atoms with Crippen LogP contribution in [0.1, 0.15) is 39.0 Å². The van der Waals surface area contributed by atoms with Gasteiger partial charge in [0.15, 0.2) is 11.2 Å². The smallest absolute Gasteiger partial charge is 0.342 e. The van der Waals surface area contributed by atoms with Crippen LogP contribution in [0.3, 0.4) is 0 Å². The summed E-state index contributed by atoms with van der Waals surface area (Å²) in [7, 11) is 1.28. The molecule has 0 saturated heterocycles. The van der Waals surface area contributed by atoms with Gasteiger partial charge < -0.3 is 20.1 Å². The van der Waals surface area contributed by atoms with Crippen LogP contribution in [0.2, 0.25) is 0 Å². The van der Waals surface area contributed by atoms with E-state index in [4.69, 9.17) is 15.2 Å². The largest absolute Gasteiger partial charge is 0.465 e. The third-order valence-electron chi connectivity index (χ3n) is 5.33. The number of carbonyl (C=O) groups excluding carboxylic acids is 2. The first kappa shape index (κ1) is 19.0. The van der Waals surface area contributed by atoms with Crippen molar-refractivity contribution in [3.63, 3.8) is 0 Å². The van der Waals surface area contributed by atoms with Crippen molar-refractivity contribution in [1.82, 2.24) is 0 Å². The SMILES string of the molecule is CCCN1C(=O)[C@]2(C(C#N)=C(N)Oc3c2sc(C)c3C(=O)OC)c2ccccc21. The normalized spacial score (nSPS) is 19.7. The molecule has 0 unspecified atom stereocenters. The number of anilines is 1. The summed E-state index contributed by atoms with van der Waals surface area (Å²) in [6.07, 6.45) is 0.747. The maximum atomic E-state index is 13.9. The lowest BCUT2D eigenvalue weighted by atomic mass is 9.72. The summed E-state index contributed by atoms with van der Waals surface area (Å²) >= 11 is 1.25. The minimum Gasteiger partial charge on any atom is -0.465 e. The Bertz CT molecular complexity index is 1130. The number of para-hydroxylation sites is 1. The first-order valence-corrected chi connectivity index (χ1v) is 9.96. The van der Waals surface area contributed by atoms with Crippen LogP contribution in [-0.2, 0) is 14.9 Å². The van der Waals surface area contributed by atoms with Crippen molar-refractivity contribution in [3.05, 3.63) is 56.6 Å². The van der Waals surface area contributed by atoms with E-state index in [1.165, 1.54) is 18.4 Å². The molecule has 4 rings (SSSR count).